The first-order chi connectivity index (χ1) is 17.9. The summed E-state index contributed by atoms with van der Waals surface area (Å²) in [6, 6.07) is 20.3. The highest BCUT2D eigenvalue weighted by Crippen LogP contribution is 2.49. The van der Waals surface area contributed by atoms with Crippen molar-refractivity contribution in [1.29, 1.82) is 0 Å². The lowest BCUT2D eigenvalue weighted by atomic mass is 9.66. The van der Waals surface area contributed by atoms with Gasteiger partial charge in [-0.2, -0.15) is 0 Å². The van der Waals surface area contributed by atoms with Crippen molar-refractivity contribution in [3.63, 3.8) is 0 Å². The van der Waals surface area contributed by atoms with E-state index in [-0.39, 0.29) is 43.1 Å². The van der Waals surface area contributed by atoms with E-state index >= 15 is 0 Å². The van der Waals surface area contributed by atoms with Gasteiger partial charge in [0.1, 0.15) is 23.0 Å². The maximum absolute atomic E-state index is 11.0. The number of para-hydroxylation sites is 1. The molecular weight excluding hydrogens is 566 g/mol. The third-order valence-corrected chi connectivity index (χ3v) is 8.67. The van der Waals surface area contributed by atoms with Gasteiger partial charge in [0.2, 0.25) is 0 Å². The van der Waals surface area contributed by atoms with Crippen LogP contribution in [0.15, 0.2) is 72.8 Å². The molecule has 0 saturated carbocycles. The Labute approximate surface area is 241 Å². The van der Waals surface area contributed by atoms with E-state index < -0.39 is 10.8 Å². The minimum Gasteiger partial charge on any atom is -0.506 e. The Morgan fingerprint density at radius 2 is 0.921 bits per heavy atom. The summed E-state index contributed by atoms with van der Waals surface area (Å²) in [6.45, 7) is 4.01. The quantitative estimate of drug-likeness (QED) is 0.173. The molecule has 4 aromatic carbocycles. The Morgan fingerprint density at radius 3 is 1.34 bits per heavy atom. The molecule has 0 radical (unpaired) electrons. The number of phenolic OH excluding ortho intramolecular Hbond substituents is 4. The van der Waals surface area contributed by atoms with E-state index in [2.05, 4.69) is 0 Å². The fraction of sp³-hybridized carbons (Fsp3) is 0.200. The fourth-order valence-electron chi connectivity index (χ4n) is 4.90. The molecule has 0 aliphatic carbocycles. The lowest BCUT2D eigenvalue weighted by Gasteiger charge is -2.38. The molecule has 0 aliphatic heterocycles. The summed E-state index contributed by atoms with van der Waals surface area (Å²) in [5.41, 5.74) is 1.53. The predicted molar refractivity (Wildman–Crippen MR) is 155 cm³/mol. The SMILES string of the molecule is CC(CCC(C)(c1ccc(O)c(Cl)c1)c1cccc(Cl)c1O)(c1ccc(O)c(Cl)c1)c1ccc(O)c(Cl)c1. The third-order valence-electron chi connectivity index (χ3n) is 7.46. The van der Waals surface area contributed by atoms with Crippen LogP contribution in [0.5, 0.6) is 23.0 Å². The molecule has 0 fully saturated rings. The number of hydrogen-bond acceptors (Lipinski definition) is 4. The van der Waals surface area contributed by atoms with E-state index in [0.717, 1.165) is 16.7 Å². The largest absolute Gasteiger partial charge is 0.506 e. The monoisotopic (exact) mass is 590 g/mol. The minimum atomic E-state index is -0.797. The Hall–Kier alpha value is -2.76. The van der Waals surface area contributed by atoms with E-state index in [1.807, 2.05) is 19.9 Å². The van der Waals surface area contributed by atoms with Crippen molar-refractivity contribution in [3.05, 3.63) is 115 Å². The molecule has 0 saturated heterocycles. The van der Waals surface area contributed by atoms with E-state index in [0.29, 0.717) is 18.4 Å². The van der Waals surface area contributed by atoms with Crippen molar-refractivity contribution in [2.45, 2.75) is 37.5 Å². The van der Waals surface area contributed by atoms with Gasteiger partial charge in [-0.15, -0.1) is 0 Å². The molecule has 4 N–H and O–H groups in total. The van der Waals surface area contributed by atoms with Gasteiger partial charge < -0.3 is 20.4 Å². The maximum Gasteiger partial charge on any atom is 0.138 e. The van der Waals surface area contributed by atoms with Crippen LogP contribution in [0.25, 0.3) is 0 Å². The van der Waals surface area contributed by atoms with Crippen LogP contribution in [0.2, 0.25) is 20.1 Å². The number of rotatable bonds is 7. The second-order valence-electron chi connectivity index (χ2n) is 9.80. The molecule has 1 unspecified atom stereocenters. The molecule has 4 rings (SSSR count). The molecule has 4 nitrogen and oxygen atoms in total. The highest BCUT2D eigenvalue weighted by molar-refractivity contribution is 6.33. The molecule has 0 amide bonds. The second-order valence-corrected chi connectivity index (χ2v) is 11.4. The lowest BCUT2D eigenvalue weighted by molar-refractivity contribution is 0.391. The summed E-state index contributed by atoms with van der Waals surface area (Å²) in [5, 5.41) is 42.0. The maximum atomic E-state index is 11.0. The number of hydrogen-bond donors (Lipinski definition) is 4. The van der Waals surface area contributed by atoms with Gasteiger partial charge in [-0.05, 0) is 72.0 Å². The second kappa shape index (κ2) is 10.8. The predicted octanol–water partition coefficient (Wildman–Crippen LogP) is 9.21. The number of aromatic hydroxyl groups is 4. The van der Waals surface area contributed by atoms with Crippen LogP contribution in [0, 0.1) is 0 Å². The van der Waals surface area contributed by atoms with Gasteiger partial charge in [-0.3, -0.25) is 0 Å². The first kappa shape index (κ1) is 28.3. The zero-order chi connectivity index (χ0) is 27.8. The van der Waals surface area contributed by atoms with Crippen molar-refractivity contribution in [3.8, 4) is 23.0 Å². The molecule has 0 aromatic heterocycles. The Kier molecular flexibility index (Phi) is 8.02. The molecule has 0 bridgehead atoms. The van der Waals surface area contributed by atoms with Crippen molar-refractivity contribution >= 4 is 46.4 Å². The normalized spacial score (nSPS) is 13.3. The average molecular weight is 592 g/mol. The minimum absolute atomic E-state index is 0.0334. The third kappa shape index (κ3) is 5.23. The standard InChI is InChI=1S/C30H26Cl4O4/c1-29(17-6-9-25(35)22(32)14-17,18-7-10-26(36)23(33)15-18)12-13-30(2,19-8-11-27(37)24(34)16-19)20-4-3-5-21(31)28(20)38/h3-11,14-16,35-38H,12-13H2,1-2H3. The summed E-state index contributed by atoms with van der Waals surface area (Å²) in [7, 11) is 0. The van der Waals surface area contributed by atoms with Crippen LogP contribution in [0.4, 0.5) is 0 Å². The highest BCUT2D eigenvalue weighted by atomic mass is 35.5. The van der Waals surface area contributed by atoms with Crippen molar-refractivity contribution in [2.24, 2.45) is 0 Å². The zero-order valence-corrected chi connectivity index (χ0v) is 23.7. The Bertz CT molecular complexity index is 1450. The summed E-state index contributed by atoms with van der Waals surface area (Å²) in [6.07, 6.45) is 0.992. The number of phenols is 4. The topological polar surface area (TPSA) is 80.9 Å². The molecule has 38 heavy (non-hydrogen) atoms. The number of halogens is 4. The van der Waals surface area contributed by atoms with Gasteiger partial charge in [0.25, 0.3) is 0 Å². The van der Waals surface area contributed by atoms with Crippen molar-refractivity contribution in [1.82, 2.24) is 0 Å². The van der Waals surface area contributed by atoms with E-state index in [1.54, 1.807) is 60.7 Å². The molecule has 0 aliphatic rings. The first-order valence-corrected chi connectivity index (χ1v) is 13.3. The van der Waals surface area contributed by atoms with Gasteiger partial charge in [-0.1, -0.05) is 90.6 Å². The lowest BCUT2D eigenvalue weighted by Crippen LogP contribution is -2.30. The molecule has 0 spiro atoms. The smallest absolute Gasteiger partial charge is 0.138 e. The van der Waals surface area contributed by atoms with Crippen molar-refractivity contribution < 1.29 is 20.4 Å². The average Bonchev–Trinajstić information content (AvgIpc) is 2.88. The molecule has 8 heteroatoms. The van der Waals surface area contributed by atoms with Crippen LogP contribution in [0.1, 0.15) is 48.9 Å². The van der Waals surface area contributed by atoms with Gasteiger partial charge in [0, 0.05) is 16.4 Å². The van der Waals surface area contributed by atoms with Crippen LogP contribution >= 0.6 is 46.4 Å². The van der Waals surface area contributed by atoms with E-state index in [4.69, 9.17) is 46.4 Å². The summed E-state index contributed by atoms with van der Waals surface area (Å²) in [5.74, 6) is -0.152. The van der Waals surface area contributed by atoms with E-state index in [9.17, 15) is 20.4 Å². The van der Waals surface area contributed by atoms with Crippen LogP contribution in [-0.2, 0) is 10.8 Å². The van der Waals surface area contributed by atoms with Crippen molar-refractivity contribution in [2.75, 3.05) is 0 Å². The van der Waals surface area contributed by atoms with Crippen LogP contribution in [-0.4, -0.2) is 20.4 Å². The summed E-state index contributed by atoms with van der Waals surface area (Å²) in [4.78, 5) is 0. The Balaban J connectivity index is 1.89. The molecule has 0 heterocycles. The van der Waals surface area contributed by atoms with Crippen LogP contribution in [0.3, 0.4) is 0 Å². The van der Waals surface area contributed by atoms with E-state index in [1.165, 1.54) is 6.07 Å². The zero-order valence-electron chi connectivity index (χ0n) is 20.6. The summed E-state index contributed by atoms with van der Waals surface area (Å²) < 4.78 is 0. The van der Waals surface area contributed by atoms with Gasteiger partial charge >= 0.3 is 0 Å². The molecule has 1 atom stereocenters. The first-order valence-electron chi connectivity index (χ1n) is 11.8. The highest BCUT2D eigenvalue weighted by Gasteiger charge is 2.38. The number of benzene rings is 4. The fourth-order valence-corrected chi connectivity index (χ4v) is 5.62. The molecular formula is C30H26Cl4O4. The Morgan fingerprint density at radius 1 is 0.526 bits per heavy atom. The molecule has 198 valence electrons. The van der Waals surface area contributed by atoms with Gasteiger partial charge in [0.05, 0.1) is 20.1 Å². The van der Waals surface area contributed by atoms with Crippen LogP contribution < -0.4 is 0 Å². The molecule has 4 aromatic rings. The van der Waals surface area contributed by atoms with Gasteiger partial charge in [-0.25, -0.2) is 0 Å². The summed E-state index contributed by atoms with van der Waals surface area (Å²) >= 11 is 25.3. The van der Waals surface area contributed by atoms with Gasteiger partial charge in [0.15, 0.2) is 0 Å².